The average Bonchev–Trinajstić information content (AvgIpc) is 2.42. The Labute approximate surface area is 122 Å². The minimum absolute atomic E-state index is 0.0988. The Morgan fingerprint density at radius 2 is 2.16 bits per heavy atom. The molecule has 0 radical (unpaired) electrons. The van der Waals surface area contributed by atoms with Gasteiger partial charge in [0.2, 0.25) is 0 Å². The number of rotatable bonds is 5. The van der Waals surface area contributed by atoms with Gasteiger partial charge in [0.05, 0.1) is 17.9 Å². The van der Waals surface area contributed by atoms with Crippen molar-refractivity contribution in [1.82, 2.24) is 15.3 Å². The standard InChI is InChI=1S/C15H18BrN3/c1-3-6-19-15(14-10-17-7-8-18-14)13-5-4-12(16)9-11(13)2/h4-5,7-10,15,19H,3,6H2,1-2H3. The first-order chi connectivity index (χ1) is 9.22. The predicted molar refractivity (Wildman–Crippen MR) is 81.0 cm³/mol. The second-order valence-corrected chi connectivity index (χ2v) is 5.43. The molecule has 4 heteroatoms. The van der Waals surface area contributed by atoms with Gasteiger partial charge in [-0.2, -0.15) is 0 Å². The number of nitrogens with one attached hydrogen (secondary N) is 1. The summed E-state index contributed by atoms with van der Waals surface area (Å²) in [6.07, 6.45) is 6.36. The van der Waals surface area contributed by atoms with Gasteiger partial charge in [0.25, 0.3) is 0 Å². The maximum Gasteiger partial charge on any atom is 0.0801 e. The van der Waals surface area contributed by atoms with Crippen LogP contribution in [-0.4, -0.2) is 16.5 Å². The lowest BCUT2D eigenvalue weighted by Gasteiger charge is -2.20. The van der Waals surface area contributed by atoms with Gasteiger partial charge < -0.3 is 5.32 Å². The van der Waals surface area contributed by atoms with Crippen molar-refractivity contribution in [2.24, 2.45) is 0 Å². The van der Waals surface area contributed by atoms with E-state index in [1.54, 1.807) is 12.4 Å². The SMILES string of the molecule is CCCNC(c1cnccn1)c1ccc(Br)cc1C. The maximum absolute atomic E-state index is 4.44. The minimum atomic E-state index is 0.0988. The van der Waals surface area contributed by atoms with Crippen LogP contribution in [0.15, 0.2) is 41.3 Å². The van der Waals surface area contributed by atoms with E-state index < -0.39 is 0 Å². The van der Waals surface area contributed by atoms with E-state index in [9.17, 15) is 0 Å². The first-order valence-electron chi connectivity index (χ1n) is 6.47. The van der Waals surface area contributed by atoms with E-state index in [0.29, 0.717) is 0 Å². The van der Waals surface area contributed by atoms with Crippen LogP contribution in [0.4, 0.5) is 0 Å². The predicted octanol–water partition coefficient (Wildman–Crippen LogP) is 3.64. The highest BCUT2D eigenvalue weighted by Gasteiger charge is 2.16. The third-order valence-electron chi connectivity index (χ3n) is 3.02. The lowest BCUT2D eigenvalue weighted by atomic mass is 9.99. The molecule has 0 aliphatic carbocycles. The van der Waals surface area contributed by atoms with Crippen LogP contribution in [0, 0.1) is 6.92 Å². The number of hydrogen-bond donors (Lipinski definition) is 1. The average molecular weight is 320 g/mol. The third kappa shape index (κ3) is 3.61. The van der Waals surface area contributed by atoms with Crippen LogP contribution in [0.1, 0.15) is 36.2 Å². The van der Waals surface area contributed by atoms with E-state index in [0.717, 1.165) is 23.1 Å². The van der Waals surface area contributed by atoms with Crippen LogP contribution >= 0.6 is 15.9 Å². The molecule has 0 aliphatic heterocycles. The van der Waals surface area contributed by atoms with E-state index in [1.165, 1.54) is 11.1 Å². The summed E-state index contributed by atoms with van der Waals surface area (Å²) in [4.78, 5) is 8.61. The van der Waals surface area contributed by atoms with Gasteiger partial charge in [-0.15, -0.1) is 0 Å². The minimum Gasteiger partial charge on any atom is -0.305 e. The molecule has 1 atom stereocenters. The zero-order valence-electron chi connectivity index (χ0n) is 11.2. The van der Waals surface area contributed by atoms with Crippen molar-refractivity contribution in [2.45, 2.75) is 26.3 Å². The number of nitrogens with zero attached hydrogens (tertiary/aromatic N) is 2. The summed E-state index contributed by atoms with van der Waals surface area (Å²) in [5.74, 6) is 0. The number of aromatic nitrogens is 2. The van der Waals surface area contributed by atoms with Gasteiger partial charge in [-0.25, -0.2) is 0 Å². The van der Waals surface area contributed by atoms with Gasteiger partial charge in [-0.3, -0.25) is 9.97 Å². The molecular formula is C15H18BrN3. The van der Waals surface area contributed by atoms with E-state index in [4.69, 9.17) is 0 Å². The van der Waals surface area contributed by atoms with E-state index in [-0.39, 0.29) is 6.04 Å². The van der Waals surface area contributed by atoms with E-state index in [1.807, 2.05) is 6.20 Å². The summed E-state index contributed by atoms with van der Waals surface area (Å²) < 4.78 is 1.10. The molecule has 0 aliphatic rings. The molecule has 0 bridgehead atoms. The molecule has 0 spiro atoms. The summed E-state index contributed by atoms with van der Waals surface area (Å²) >= 11 is 3.51. The molecule has 1 aromatic heterocycles. The summed E-state index contributed by atoms with van der Waals surface area (Å²) in [7, 11) is 0. The molecule has 1 N–H and O–H groups in total. The largest absolute Gasteiger partial charge is 0.305 e. The zero-order valence-corrected chi connectivity index (χ0v) is 12.8. The maximum atomic E-state index is 4.44. The van der Waals surface area contributed by atoms with Crippen LogP contribution in [0.2, 0.25) is 0 Å². The highest BCUT2D eigenvalue weighted by molar-refractivity contribution is 9.10. The van der Waals surface area contributed by atoms with Crippen LogP contribution in [0.5, 0.6) is 0 Å². The molecule has 2 aromatic rings. The molecule has 0 saturated heterocycles. The lowest BCUT2D eigenvalue weighted by molar-refractivity contribution is 0.582. The highest BCUT2D eigenvalue weighted by Crippen LogP contribution is 2.25. The monoisotopic (exact) mass is 319 g/mol. The van der Waals surface area contributed by atoms with Crippen molar-refractivity contribution in [2.75, 3.05) is 6.54 Å². The molecule has 1 heterocycles. The second kappa shape index (κ2) is 6.78. The van der Waals surface area contributed by atoms with Crippen molar-refractivity contribution in [3.8, 4) is 0 Å². The molecule has 0 saturated carbocycles. The van der Waals surface area contributed by atoms with Crippen molar-refractivity contribution < 1.29 is 0 Å². The van der Waals surface area contributed by atoms with E-state index in [2.05, 4.69) is 63.3 Å². The van der Waals surface area contributed by atoms with E-state index >= 15 is 0 Å². The van der Waals surface area contributed by atoms with Crippen molar-refractivity contribution in [1.29, 1.82) is 0 Å². The molecule has 1 unspecified atom stereocenters. The fraction of sp³-hybridized carbons (Fsp3) is 0.333. The zero-order chi connectivity index (χ0) is 13.7. The molecule has 1 aromatic carbocycles. The fourth-order valence-corrected chi connectivity index (χ4v) is 2.56. The van der Waals surface area contributed by atoms with Crippen LogP contribution in [-0.2, 0) is 0 Å². The summed E-state index contributed by atoms with van der Waals surface area (Å²) in [6, 6.07) is 6.44. The first kappa shape index (κ1) is 14.2. The molecule has 100 valence electrons. The highest BCUT2D eigenvalue weighted by atomic mass is 79.9. The van der Waals surface area contributed by atoms with Gasteiger partial charge in [0.1, 0.15) is 0 Å². The summed E-state index contributed by atoms with van der Waals surface area (Å²) in [5, 5.41) is 3.54. The molecule has 0 fully saturated rings. The summed E-state index contributed by atoms with van der Waals surface area (Å²) in [6.45, 7) is 5.24. The quantitative estimate of drug-likeness (QED) is 0.914. The smallest absolute Gasteiger partial charge is 0.0801 e. The molecular weight excluding hydrogens is 302 g/mol. The van der Waals surface area contributed by atoms with Gasteiger partial charge in [-0.1, -0.05) is 28.9 Å². The third-order valence-corrected chi connectivity index (χ3v) is 3.51. The number of aryl methyl sites for hydroxylation is 1. The Morgan fingerprint density at radius 1 is 1.32 bits per heavy atom. The molecule has 3 nitrogen and oxygen atoms in total. The van der Waals surface area contributed by atoms with Crippen molar-refractivity contribution in [3.05, 3.63) is 58.1 Å². The van der Waals surface area contributed by atoms with Gasteiger partial charge in [0.15, 0.2) is 0 Å². The van der Waals surface area contributed by atoms with Gasteiger partial charge in [-0.05, 0) is 43.1 Å². The van der Waals surface area contributed by atoms with Crippen molar-refractivity contribution >= 4 is 15.9 Å². The summed E-state index contributed by atoms with van der Waals surface area (Å²) in [5.41, 5.74) is 3.45. The van der Waals surface area contributed by atoms with Gasteiger partial charge >= 0.3 is 0 Å². The van der Waals surface area contributed by atoms with Crippen molar-refractivity contribution in [3.63, 3.8) is 0 Å². The second-order valence-electron chi connectivity index (χ2n) is 4.52. The first-order valence-corrected chi connectivity index (χ1v) is 7.27. The Kier molecular flexibility index (Phi) is 5.05. The fourth-order valence-electron chi connectivity index (χ4n) is 2.09. The lowest BCUT2D eigenvalue weighted by Crippen LogP contribution is -2.24. The number of halogens is 1. The number of benzene rings is 1. The molecule has 2 rings (SSSR count). The Balaban J connectivity index is 2.37. The van der Waals surface area contributed by atoms with Gasteiger partial charge in [0, 0.05) is 16.9 Å². The normalized spacial score (nSPS) is 12.4. The number of hydrogen-bond acceptors (Lipinski definition) is 3. The Hall–Kier alpha value is -1.26. The molecule has 0 amide bonds. The Morgan fingerprint density at radius 3 is 2.79 bits per heavy atom. The van der Waals surface area contributed by atoms with Crippen LogP contribution < -0.4 is 5.32 Å². The molecule has 19 heavy (non-hydrogen) atoms. The topological polar surface area (TPSA) is 37.8 Å². The Bertz CT molecular complexity index is 528. The van der Waals surface area contributed by atoms with Crippen LogP contribution in [0.3, 0.4) is 0 Å². The van der Waals surface area contributed by atoms with Crippen LogP contribution in [0.25, 0.3) is 0 Å².